The van der Waals surface area contributed by atoms with Gasteiger partial charge < -0.3 is 10.4 Å². The highest BCUT2D eigenvalue weighted by molar-refractivity contribution is 5.94. The highest BCUT2D eigenvalue weighted by Gasteiger charge is 2.26. The Hall–Kier alpha value is -1.35. The number of unbranched alkanes of at least 4 members (excludes halogenated alkanes) is 1. The molecule has 0 bridgehead atoms. The van der Waals surface area contributed by atoms with E-state index < -0.39 is 0 Å². The average Bonchev–Trinajstić information content (AvgIpc) is 2.54. The summed E-state index contributed by atoms with van der Waals surface area (Å²) >= 11 is 0. The number of amides is 1. The van der Waals surface area contributed by atoms with Gasteiger partial charge in [-0.1, -0.05) is 38.3 Å². The molecule has 0 saturated heterocycles. The SMILES string of the molecule is CCCCc1ccc(C(=O)NC2CCCCC2CO)cc1. The Morgan fingerprint density at radius 1 is 1.24 bits per heavy atom. The molecule has 2 atom stereocenters. The molecule has 1 amide bonds. The first-order chi connectivity index (χ1) is 10.2. The van der Waals surface area contributed by atoms with E-state index in [1.165, 1.54) is 18.4 Å². The number of aliphatic hydroxyl groups excluding tert-OH is 1. The van der Waals surface area contributed by atoms with Gasteiger partial charge in [-0.25, -0.2) is 0 Å². The zero-order valence-corrected chi connectivity index (χ0v) is 13.0. The van der Waals surface area contributed by atoms with E-state index in [2.05, 4.69) is 24.4 Å². The lowest BCUT2D eigenvalue weighted by Crippen LogP contribution is -2.43. The summed E-state index contributed by atoms with van der Waals surface area (Å²) in [5.74, 6) is 0.203. The van der Waals surface area contributed by atoms with Crippen molar-refractivity contribution in [3.05, 3.63) is 35.4 Å². The number of hydrogen-bond donors (Lipinski definition) is 2. The summed E-state index contributed by atoms with van der Waals surface area (Å²) in [6.45, 7) is 2.35. The molecule has 1 aromatic carbocycles. The van der Waals surface area contributed by atoms with Crippen LogP contribution in [0.2, 0.25) is 0 Å². The van der Waals surface area contributed by atoms with E-state index in [0.29, 0.717) is 0 Å². The molecule has 116 valence electrons. The molecule has 1 aromatic rings. The van der Waals surface area contributed by atoms with Gasteiger partial charge >= 0.3 is 0 Å². The van der Waals surface area contributed by atoms with E-state index in [0.717, 1.165) is 37.7 Å². The molecule has 2 rings (SSSR count). The summed E-state index contributed by atoms with van der Waals surface area (Å²) in [5, 5.41) is 12.5. The summed E-state index contributed by atoms with van der Waals surface area (Å²) in [6, 6.07) is 8.05. The third kappa shape index (κ3) is 4.57. The number of hydrogen-bond acceptors (Lipinski definition) is 2. The third-order valence-electron chi connectivity index (χ3n) is 4.50. The maximum atomic E-state index is 12.3. The minimum absolute atomic E-state index is 0.0117. The lowest BCUT2D eigenvalue weighted by molar-refractivity contribution is 0.0872. The van der Waals surface area contributed by atoms with Gasteiger partial charge in [0.15, 0.2) is 0 Å². The highest BCUT2D eigenvalue weighted by Crippen LogP contribution is 2.24. The number of nitrogens with one attached hydrogen (secondary N) is 1. The number of aliphatic hydroxyl groups is 1. The highest BCUT2D eigenvalue weighted by atomic mass is 16.3. The van der Waals surface area contributed by atoms with Gasteiger partial charge in [0.05, 0.1) is 0 Å². The Labute approximate surface area is 127 Å². The van der Waals surface area contributed by atoms with Crippen LogP contribution in [-0.4, -0.2) is 23.7 Å². The van der Waals surface area contributed by atoms with Crippen molar-refractivity contribution < 1.29 is 9.90 Å². The van der Waals surface area contributed by atoms with Crippen molar-refractivity contribution in [2.75, 3.05) is 6.61 Å². The minimum Gasteiger partial charge on any atom is -0.396 e. The Morgan fingerprint density at radius 3 is 2.62 bits per heavy atom. The van der Waals surface area contributed by atoms with Gasteiger partial charge in [0, 0.05) is 24.1 Å². The summed E-state index contributed by atoms with van der Waals surface area (Å²) in [5.41, 5.74) is 2.01. The minimum atomic E-state index is -0.0117. The first-order valence-corrected chi connectivity index (χ1v) is 8.25. The monoisotopic (exact) mass is 289 g/mol. The topological polar surface area (TPSA) is 49.3 Å². The molecule has 1 saturated carbocycles. The number of aryl methyl sites for hydroxylation is 1. The van der Waals surface area contributed by atoms with E-state index in [-0.39, 0.29) is 24.5 Å². The number of carbonyl (C=O) groups excluding carboxylic acids is 1. The fourth-order valence-electron chi connectivity index (χ4n) is 3.07. The zero-order valence-electron chi connectivity index (χ0n) is 13.0. The second kappa shape index (κ2) is 8.18. The van der Waals surface area contributed by atoms with Crippen LogP contribution in [0.3, 0.4) is 0 Å². The Kier molecular flexibility index (Phi) is 6.24. The molecule has 3 heteroatoms. The second-order valence-corrected chi connectivity index (χ2v) is 6.11. The van der Waals surface area contributed by atoms with Crippen LogP contribution in [0.1, 0.15) is 61.4 Å². The second-order valence-electron chi connectivity index (χ2n) is 6.11. The summed E-state index contributed by atoms with van der Waals surface area (Å²) in [7, 11) is 0. The molecule has 1 fully saturated rings. The van der Waals surface area contributed by atoms with E-state index in [9.17, 15) is 9.90 Å². The fourth-order valence-corrected chi connectivity index (χ4v) is 3.07. The van der Waals surface area contributed by atoms with Crippen LogP contribution in [0.4, 0.5) is 0 Å². The molecule has 2 N–H and O–H groups in total. The molecule has 0 heterocycles. The maximum Gasteiger partial charge on any atom is 0.251 e. The van der Waals surface area contributed by atoms with Gasteiger partial charge in [0.25, 0.3) is 5.91 Å². The van der Waals surface area contributed by atoms with Gasteiger partial charge in [-0.3, -0.25) is 4.79 Å². The summed E-state index contributed by atoms with van der Waals surface area (Å²) < 4.78 is 0. The van der Waals surface area contributed by atoms with Crippen molar-refractivity contribution in [2.45, 2.75) is 57.9 Å². The van der Waals surface area contributed by atoms with Gasteiger partial charge in [-0.05, 0) is 43.4 Å². The molecular formula is C18H27NO2. The molecule has 0 spiro atoms. The predicted molar refractivity (Wildman–Crippen MR) is 85.4 cm³/mol. The third-order valence-corrected chi connectivity index (χ3v) is 4.50. The average molecular weight is 289 g/mol. The molecule has 3 nitrogen and oxygen atoms in total. The smallest absolute Gasteiger partial charge is 0.251 e. The zero-order chi connectivity index (χ0) is 15.1. The van der Waals surface area contributed by atoms with E-state index in [1.54, 1.807) is 0 Å². The van der Waals surface area contributed by atoms with Crippen molar-refractivity contribution >= 4 is 5.91 Å². The number of carbonyl (C=O) groups is 1. The Balaban J connectivity index is 1.93. The van der Waals surface area contributed by atoms with E-state index in [1.807, 2.05) is 12.1 Å². The van der Waals surface area contributed by atoms with Gasteiger partial charge in [0.1, 0.15) is 0 Å². The van der Waals surface area contributed by atoms with Crippen molar-refractivity contribution in [2.24, 2.45) is 5.92 Å². The Bertz CT molecular complexity index is 441. The predicted octanol–water partition coefficient (Wildman–Crippen LogP) is 3.31. The summed E-state index contributed by atoms with van der Waals surface area (Å²) in [4.78, 5) is 12.3. The lowest BCUT2D eigenvalue weighted by atomic mass is 9.85. The molecule has 1 aliphatic carbocycles. The maximum absolute atomic E-state index is 12.3. The van der Waals surface area contributed by atoms with Crippen LogP contribution >= 0.6 is 0 Å². The standard InChI is InChI=1S/C18H27NO2/c1-2-3-6-14-9-11-15(12-10-14)18(21)19-17-8-5-4-7-16(17)13-20/h9-12,16-17,20H,2-8,13H2,1H3,(H,19,21). The van der Waals surface area contributed by atoms with Gasteiger partial charge in [0.2, 0.25) is 0 Å². The van der Waals surface area contributed by atoms with Crippen LogP contribution in [-0.2, 0) is 6.42 Å². The molecule has 0 radical (unpaired) electrons. The number of rotatable bonds is 6. The Morgan fingerprint density at radius 2 is 1.95 bits per heavy atom. The molecular weight excluding hydrogens is 262 g/mol. The van der Waals surface area contributed by atoms with E-state index >= 15 is 0 Å². The molecule has 0 aliphatic heterocycles. The molecule has 1 aliphatic rings. The lowest BCUT2D eigenvalue weighted by Gasteiger charge is -2.30. The van der Waals surface area contributed by atoms with Crippen LogP contribution in [0, 0.1) is 5.92 Å². The van der Waals surface area contributed by atoms with Crippen LogP contribution in [0.15, 0.2) is 24.3 Å². The van der Waals surface area contributed by atoms with Crippen LogP contribution < -0.4 is 5.32 Å². The summed E-state index contributed by atoms with van der Waals surface area (Å²) in [6.07, 6.45) is 7.73. The normalized spacial score (nSPS) is 22.0. The van der Waals surface area contributed by atoms with Gasteiger partial charge in [-0.15, -0.1) is 0 Å². The van der Waals surface area contributed by atoms with Crippen LogP contribution in [0.25, 0.3) is 0 Å². The fraction of sp³-hybridized carbons (Fsp3) is 0.611. The number of benzene rings is 1. The van der Waals surface area contributed by atoms with Gasteiger partial charge in [-0.2, -0.15) is 0 Å². The van der Waals surface area contributed by atoms with Crippen LogP contribution in [0.5, 0.6) is 0 Å². The molecule has 21 heavy (non-hydrogen) atoms. The van der Waals surface area contributed by atoms with Crippen molar-refractivity contribution in [1.82, 2.24) is 5.32 Å². The molecule has 0 aromatic heterocycles. The largest absolute Gasteiger partial charge is 0.396 e. The first kappa shape index (κ1) is 16.0. The van der Waals surface area contributed by atoms with E-state index in [4.69, 9.17) is 0 Å². The quantitative estimate of drug-likeness (QED) is 0.844. The van der Waals surface area contributed by atoms with Crippen molar-refractivity contribution in [1.29, 1.82) is 0 Å². The molecule has 2 unspecified atom stereocenters. The van der Waals surface area contributed by atoms with Crippen molar-refractivity contribution in [3.8, 4) is 0 Å². The van der Waals surface area contributed by atoms with Crippen molar-refractivity contribution in [3.63, 3.8) is 0 Å². The first-order valence-electron chi connectivity index (χ1n) is 8.25.